The lowest BCUT2D eigenvalue weighted by molar-refractivity contribution is -0.189. The second kappa shape index (κ2) is 9.62. The van der Waals surface area contributed by atoms with E-state index in [4.69, 9.17) is 16.3 Å². The number of hydrogen-bond donors (Lipinski definition) is 1. The van der Waals surface area contributed by atoms with Crippen LogP contribution in [-0.4, -0.2) is 36.3 Å². The maximum atomic E-state index is 14.7. The first-order chi connectivity index (χ1) is 17.0. The molecule has 0 aliphatic rings. The highest BCUT2D eigenvalue weighted by Crippen LogP contribution is 2.38. The lowest BCUT2D eigenvalue weighted by Gasteiger charge is -2.22. The number of rotatable bonds is 7. The van der Waals surface area contributed by atoms with Crippen molar-refractivity contribution in [2.75, 3.05) is 0 Å². The summed E-state index contributed by atoms with van der Waals surface area (Å²) in [6, 6.07) is 7.98. The lowest BCUT2D eigenvalue weighted by Crippen LogP contribution is -2.31. The average Bonchev–Trinajstić information content (AvgIpc) is 3.38. The number of fused-ring (bicyclic) bond motifs is 1. The molecule has 4 aromatic rings. The van der Waals surface area contributed by atoms with Gasteiger partial charge in [0.1, 0.15) is 18.2 Å². The van der Waals surface area contributed by atoms with Crippen LogP contribution in [0.25, 0.3) is 16.6 Å². The molecular formula is C24H23ClF4N4O3. The van der Waals surface area contributed by atoms with Crippen LogP contribution < -0.4 is 10.4 Å². The monoisotopic (exact) mass is 526 g/mol. The van der Waals surface area contributed by atoms with Gasteiger partial charge in [-0.25, -0.2) is 9.18 Å². The highest BCUT2D eigenvalue weighted by atomic mass is 35.5. The van der Waals surface area contributed by atoms with Gasteiger partial charge in [0.2, 0.25) is 0 Å². The Morgan fingerprint density at radius 1 is 1.19 bits per heavy atom. The normalized spacial score (nSPS) is 13.8. The zero-order chi connectivity index (χ0) is 26.4. The third-order valence-electron chi connectivity index (χ3n) is 6.00. The molecule has 12 heteroatoms. The predicted octanol–water partition coefficient (Wildman–Crippen LogP) is 5.23. The molecule has 2 aromatic heterocycles. The van der Waals surface area contributed by atoms with Crippen LogP contribution in [0.5, 0.6) is 5.75 Å². The summed E-state index contributed by atoms with van der Waals surface area (Å²) in [6.45, 7) is 3.97. The SMILES string of the molecule is CCn1c(CO)nn(-c2cc(OC(C)C(F)(F)F)c3c(ccn3C(C)c3c(F)cccc3Cl)c2)c1=O. The van der Waals surface area contributed by atoms with Gasteiger partial charge in [-0.3, -0.25) is 4.57 Å². The number of halogens is 5. The maximum Gasteiger partial charge on any atom is 0.425 e. The summed E-state index contributed by atoms with van der Waals surface area (Å²) >= 11 is 6.24. The highest BCUT2D eigenvalue weighted by molar-refractivity contribution is 6.31. The van der Waals surface area contributed by atoms with Gasteiger partial charge >= 0.3 is 11.9 Å². The largest absolute Gasteiger partial charge is 0.479 e. The van der Waals surface area contributed by atoms with Crippen molar-refractivity contribution in [2.45, 2.75) is 52.2 Å². The molecule has 0 saturated carbocycles. The van der Waals surface area contributed by atoms with E-state index in [9.17, 15) is 27.5 Å². The van der Waals surface area contributed by atoms with Gasteiger partial charge in [-0.2, -0.15) is 17.9 Å². The molecule has 4 rings (SSSR count). The van der Waals surface area contributed by atoms with Crippen LogP contribution >= 0.6 is 11.6 Å². The zero-order valence-electron chi connectivity index (χ0n) is 19.6. The molecule has 2 aromatic carbocycles. The number of aromatic nitrogens is 4. The van der Waals surface area contributed by atoms with Gasteiger partial charge in [-0.15, -0.1) is 5.10 Å². The average molecular weight is 527 g/mol. The number of hydrogen-bond acceptors (Lipinski definition) is 4. The van der Waals surface area contributed by atoms with Gasteiger partial charge in [0.05, 0.1) is 17.2 Å². The molecule has 0 amide bonds. The van der Waals surface area contributed by atoms with Gasteiger partial charge < -0.3 is 14.4 Å². The van der Waals surface area contributed by atoms with Crippen molar-refractivity contribution in [2.24, 2.45) is 0 Å². The Morgan fingerprint density at radius 2 is 1.92 bits per heavy atom. The number of alkyl halides is 3. The van der Waals surface area contributed by atoms with E-state index in [-0.39, 0.29) is 39.9 Å². The van der Waals surface area contributed by atoms with Crippen molar-refractivity contribution >= 4 is 22.5 Å². The summed E-state index contributed by atoms with van der Waals surface area (Å²) < 4.78 is 64.1. The van der Waals surface area contributed by atoms with E-state index in [1.165, 1.54) is 28.8 Å². The Bertz CT molecular complexity index is 1450. The van der Waals surface area contributed by atoms with Crippen LogP contribution in [0.2, 0.25) is 5.02 Å². The van der Waals surface area contributed by atoms with Crippen LogP contribution in [0.4, 0.5) is 17.6 Å². The number of aliphatic hydroxyl groups is 1. The number of ether oxygens (including phenoxy) is 1. The molecular weight excluding hydrogens is 504 g/mol. The third kappa shape index (κ3) is 4.48. The second-order valence-electron chi connectivity index (χ2n) is 8.23. The molecule has 2 unspecified atom stereocenters. The minimum Gasteiger partial charge on any atom is -0.479 e. The minimum atomic E-state index is -4.66. The van der Waals surface area contributed by atoms with Crippen LogP contribution in [-0.2, 0) is 13.2 Å². The third-order valence-corrected chi connectivity index (χ3v) is 6.33. The van der Waals surface area contributed by atoms with Crippen molar-refractivity contribution in [3.05, 3.63) is 75.3 Å². The summed E-state index contributed by atoms with van der Waals surface area (Å²) in [5.41, 5.74) is 0.00263. The molecule has 0 aliphatic heterocycles. The van der Waals surface area contributed by atoms with Crippen molar-refractivity contribution in [3.8, 4) is 11.4 Å². The fraction of sp³-hybridized carbons (Fsp3) is 0.333. The fourth-order valence-corrected chi connectivity index (χ4v) is 4.45. The molecule has 0 fully saturated rings. The number of aliphatic hydroxyl groups excluding tert-OH is 1. The number of nitrogens with zero attached hydrogens (tertiary/aromatic N) is 4. The molecule has 36 heavy (non-hydrogen) atoms. The Balaban J connectivity index is 1.95. The van der Waals surface area contributed by atoms with Gasteiger partial charge in [0.15, 0.2) is 11.9 Å². The fourth-order valence-electron chi connectivity index (χ4n) is 4.13. The van der Waals surface area contributed by atoms with E-state index in [1.807, 2.05) is 0 Å². The number of benzene rings is 2. The Kier molecular flexibility index (Phi) is 6.89. The van der Waals surface area contributed by atoms with Gasteiger partial charge in [0.25, 0.3) is 0 Å². The minimum absolute atomic E-state index is 0.106. The quantitative estimate of drug-likeness (QED) is 0.335. The Hall–Kier alpha value is -3.31. The molecule has 0 saturated heterocycles. The van der Waals surface area contributed by atoms with Crippen molar-refractivity contribution in [1.29, 1.82) is 0 Å². The van der Waals surface area contributed by atoms with Crippen LogP contribution in [0.15, 0.2) is 47.4 Å². The summed E-state index contributed by atoms with van der Waals surface area (Å²) in [5.74, 6) is -0.637. The molecule has 0 spiro atoms. The predicted molar refractivity (Wildman–Crippen MR) is 126 cm³/mol. The van der Waals surface area contributed by atoms with E-state index in [1.54, 1.807) is 36.7 Å². The molecule has 7 nitrogen and oxygen atoms in total. The standard InChI is InChI=1S/C24H23ClF4N4O3/c1-4-31-20(12-34)30-33(23(31)35)16-10-15-8-9-32(13(2)21-17(25)6-5-7-18(21)26)22(15)19(11-16)36-14(3)24(27,28)29/h5-11,13-14,34H,4,12H2,1-3H3. The molecule has 0 radical (unpaired) electrons. The zero-order valence-corrected chi connectivity index (χ0v) is 20.3. The van der Waals surface area contributed by atoms with Gasteiger partial charge in [-0.05, 0) is 45.0 Å². The first-order valence-corrected chi connectivity index (χ1v) is 11.5. The maximum absolute atomic E-state index is 14.7. The van der Waals surface area contributed by atoms with E-state index in [0.29, 0.717) is 5.39 Å². The van der Waals surface area contributed by atoms with Crippen molar-refractivity contribution < 1.29 is 27.4 Å². The van der Waals surface area contributed by atoms with E-state index in [2.05, 4.69) is 5.10 Å². The smallest absolute Gasteiger partial charge is 0.425 e. The van der Waals surface area contributed by atoms with Crippen molar-refractivity contribution in [3.63, 3.8) is 0 Å². The highest BCUT2D eigenvalue weighted by Gasteiger charge is 2.38. The lowest BCUT2D eigenvalue weighted by atomic mass is 10.1. The Labute approximate surface area is 208 Å². The molecule has 1 N–H and O–H groups in total. The van der Waals surface area contributed by atoms with Crippen LogP contribution in [0.1, 0.15) is 38.2 Å². The molecule has 192 valence electrons. The molecule has 2 heterocycles. The van der Waals surface area contributed by atoms with E-state index in [0.717, 1.165) is 11.6 Å². The van der Waals surface area contributed by atoms with Gasteiger partial charge in [-0.1, -0.05) is 17.7 Å². The Morgan fingerprint density at radius 3 is 2.50 bits per heavy atom. The van der Waals surface area contributed by atoms with Crippen molar-refractivity contribution in [1.82, 2.24) is 18.9 Å². The summed E-state index contributed by atoms with van der Waals surface area (Å²) in [7, 11) is 0. The first-order valence-electron chi connectivity index (χ1n) is 11.1. The van der Waals surface area contributed by atoms with E-state index < -0.39 is 36.4 Å². The topological polar surface area (TPSA) is 74.2 Å². The van der Waals surface area contributed by atoms with Gasteiger partial charge in [0, 0.05) is 34.8 Å². The first kappa shape index (κ1) is 25.8. The van der Waals surface area contributed by atoms with Crippen LogP contribution in [0, 0.1) is 5.82 Å². The molecule has 0 bridgehead atoms. The second-order valence-corrected chi connectivity index (χ2v) is 8.64. The van der Waals surface area contributed by atoms with Crippen LogP contribution in [0.3, 0.4) is 0 Å². The van der Waals surface area contributed by atoms with E-state index >= 15 is 0 Å². The molecule has 0 aliphatic carbocycles. The summed E-state index contributed by atoms with van der Waals surface area (Å²) in [6.07, 6.45) is -5.26. The summed E-state index contributed by atoms with van der Waals surface area (Å²) in [5, 5.41) is 14.3. The summed E-state index contributed by atoms with van der Waals surface area (Å²) in [4.78, 5) is 12.9. The molecule has 2 atom stereocenters.